The van der Waals surface area contributed by atoms with Crippen LogP contribution in [0.4, 0.5) is 11.4 Å². The number of benzene rings is 3. The fourth-order valence-electron chi connectivity index (χ4n) is 2.46. The minimum Gasteiger partial charge on any atom is -0.507 e. The largest absolute Gasteiger partial charge is 0.507 e. The summed E-state index contributed by atoms with van der Waals surface area (Å²) in [4.78, 5) is 8.46. The fraction of sp³-hybridized carbons (Fsp3) is 0.0476. The first-order chi connectivity index (χ1) is 12.5. The Morgan fingerprint density at radius 3 is 1.54 bits per heavy atom. The molecule has 0 aliphatic heterocycles. The lowest BCUT2D eigenvalue weighted by Crippen LogP contribution is -1.91. The maximum absolute atomic E-state index is 10.5. The van der Waals surface area contributed by atoms with Crippen LogP contribution < -0.4 is 0 Å². The lowest BCUT2D eigenvalue weighted by Gasteiger charge is -2.06. The zero-order valence-electron chi connectivity index (χ0n) is 14.2. The molecular weight excluding hydrogens is 328 g/mol. The smallest absolute Gasteiger partial charge is 0.141 e. The highest BCUT2D eigenvalue weighted by Gasteiger charge is 2.07. The van der Waals surface area contributed by atoms with Gasteiger partial charge in [-0.3, -0.25) is 9.98 Å². The Kier molecular flexibility index (Phi) is 4.99. The molecule has 0 spiro atoms. The second-order valence-corrected chi connectivity index (χ2v) is 5.79. The molecule has 3 aromatic rings. The molecule has 0 heterocycles. The maximum Gasteiger partial charge on any atom is 0.141 e. The van der Waals surface area contributed by atoms with E-state index in [2.05, 4.69) is 9.98 Å². The number of aliphatic imine (C=N–C) groups is 2. The third-order valence-electron chi connectivity index (χ3n) is 3.76. The van der Waals surface area contributed by atoms with Crippen molar-refractivity contribution in [1.29, 1.82) is 0 Å². The van der Waals surface area contributed by atoms with Gasteiger partial charge in [0.2, 0.25) is 0 Å². The molecule has 0 radical (unpaired) electrons. The summed E-state index contributed by atoms with van der Waals surface area (Å²) < 4.78 is 0. The minimum atomic E-state index is 0.0222. The molecule has 0 saturated carbocycles. The Balaban J connectivity index is 1.94. The van der Waals surface area contributed by atoms with E-state index in [4.69, 9.17) is 0 Å². The summed E-state index contributed by atoms with van der Waals surface area (Å²) >= 11 is 0. The summed E-state index contributed by atoms with van der Waals surface area (Å²) in [6, 6.07) is 17.0. The van der Waals surface area contributed by atoms with Crippen molar-refractivity contribution < 1.29 is 15.3 Å². The zero-order chi connectivity index (χ0) is 18.5. The molecule has 3 rings (SSSR count). The fourth-order valence-corrected chi connectivity index (χ4v) is 2.46. The van der Waals surface area contributed by atoms with E-state index in [0.29, 0.717) is 22.5 Å². The summed E-state index contributed by atoms with van der Waals surface area (Å²) in [6.45, 7) is 1.90. The van der Waals surface area contributed by atoms with Crippen molar-refractivity contribution in [2.24, 2.45) is 9.98 Å². The average molecular weight is 346 g/mol. The predicted molar refractivity (Wildman–Crippen MR) is 104 cm³/mol. The van der Waals surface area contributed by atoms with E-state index in [1.165, 1.54) is 12.4 Å². The molecule has 26 heavy (non-hydrogen) atoms. The Hall–Kier alpha value is -3.60. The lowest BCUT2D eigenvalue weighted by molar-refractivity contribution is 0.472. The lowest BCUT2D eigenvalue weighted by atomic mass is 10.1. The Bertz CT molecular complexity index is 918. The predicted octanol–water partition coefficient (Wildman–Crippen LogP) is 4.61. The minimum absolute atomic E-state index is 0.0222. The van der Waals surface area contributed by atoms with Crippen LogP contribution in [0.2, 0.25) is 0 Å². The molecule has 130 valence electrons. The summed E-state index contributed by atoms with van der Waals surface area (Å²) in [5.41, 5.74) is 2.76. The maximum atomic E-state index is 10.5. The molecule has 0 amide bonds. The molecule has 3 aromatic carbocycles. The third kappa shape index (κ3) is 3.89. The monoisotopic (exact) mass is 346 g/mol. The van der Waals surface area contributed by atoms with Crippen molar-refractivity contribution in [3.8, 4) is 17.2 Å². The van der Waals surface area contributed by atoms with Crippen LogP contribution in [0.5, 0.6) is 17.2 Å². The van der Waals surface area contributed by atoms with Gasteiger partial charge in [-0.1, -0.05) is 24.3 Å². The first-order valence-electron chi connectivity index (χ1n) is 8.02. The summed E-state index contributed by atoms with van der Waals surface area (Å²) in [5.74, 6) is 0.156. The van der Waals surface area contributed by atoms with Gasteiger partial charge in [-0.25, -0.2) is 0 Å². The molecule has 3 N–H and O–H groups in total. The SMILES string of the molecule is Cc1cc(/C=N/c2ccccc2O)c(O)c(/C=N/c2ccccc2O)c1. The number of aryl methyl sites for hydroxylation is 1. The topological polar surface area (TPSA) is 85.4 Å². The molecule has 0 saturated heterocycles. The van der Waals surface area contributed by atoms with Crippen molar-refractivity contribution in [1.82, 2.24) is 0 Å². The third-order valence-corrected chi connectivity index (χ3v) is 3.76. The molecule has 0 fully saturated rings. The Labute approximate surface area is 151 Å². The van der Waals surface area contributed by atoms with Gasteiger partial charge in [0.15, 0.2) is 0 Å². The van der Waals surface area contributed by atoms with Crippen molar-refractivity contribution in [2.75, 3.05) is 0 Å². The molecule has 0 bridgehead atoms. The van der Waals surface area contributed by atoms with Gasteiger partial charge in [0.25, 0.3) is 0 Å². The van der Waals surface area contributed by atoms with Crippen LogP contribution in [-0.4, -0.2) is 27.7 Å². The first-order valence-corrected chi connectivity index (χ1v) is 8.02. The highest BCUT2D eigenvalue weighted by atomic mass is 16.3. The van der Waals surface area contributed by atoms with Gasteiger partial charge in [0.1, 0.15) is 28.6 Å². The quantitative estimate of drug-likeness (QED) is 0.603. The van der Waals surface area contributed by atoms with Crippen molar-refractivity contribution in [3.63, 3.8) is 0 Å². The highest BCUT2D eigenvalue weighted by Crippen LogP contribution is 2.28. The molecule has 0 aromatic heterocycles. The van der Waals surface area contributed by atoms with Gasteiger partial charge < -0.3 is 15.3 Å². The van der Waals surface area contributed by atoms with Gasteiger partial charge >= 0.3 is 0 Å². The summed E-state index contributed by atoms with van der Waals surface area (Å²) in [6.07, 6.45) is 2.99. The number of para-hydroxylation sites is 4. The van der Waals surface area contributed by atoms with E-state index >= 15 is 0 Å². The number of hydrogen-bond donors (Lipinski definition) is 3. The van der Waals surface area contributed by atoms with Crippen molar-refractivity contribution in [2.45, 2.75) is 6.92 Å². The summed E-state index contributed by atoms with van der Waals surface area (Å²) in [7, 11) is 0. The standard InChI is InChI=1S/C21H18N2O3/c1-14-10-15(12-22-17-6-2-4-8-19(17)24)21(26)16(11-14)13-23-18-7-3-5-9-20(18)25/h2-13,24-26H,1H3/b22-12+,23-13+. The highest BCUT2D eigenvalue weighted by molar-refractivity contribution is 5.94. The Morgan fingerprint density at radius 1 is 0.692 bits per heavy atom. The second kappa shape index (κ2) is 7.53. The van der Waals surface area contributed by atoms with Crippen molar-refractivity contribution >= 4 is 23.8 Å². The van der Waals surface area contributed by atoms with Crippen LogP contribution in [0.3, 0.4) is 0 Å². The molecule has 0 aliphatic carbocycles. The van der Waals surface area contributed by atoms with E-state index in [-0.39, 0.29) is 17.2 Å². The molecule has 0 unspecified atom stereocenters. The van der Waals surface area contributed by atoms with Gasteiger partial charge in [-0.2, -0.15) is 0 Å². The van der Waals surface area contributed by atoms with E-state index in [0.717, 1.165) is 5.56 Å². The van der Waals surface area contributed by atoms with Gasteiger partial charge in [0.05, 0.1) is 0 Å². The second-order valence-electron chi connectivity index (χ2n) is 5.79. The van der Waals surface area contributed by atoms with Crippen LogP contribution in [0, 0.1) is 6.92 Å². The van der Waals surface area contributed by atoms with Gasteiger partial charge in [0, 0.05) is 23.6 Å². The molecule has 0 atom stereocenters. The molecule has 0 aliphatic rings. The normalized spacial score (nSPS) is 11.4. The van der Waals surface area contributed by atoms with Crippen LogP contribution in [0.15, 0.2) is 70.6 Å². The number of rotatable bonds is 4. The van der Waals surface area contributed by atoms with Crippen LogP contribution in [0.1, 0.15) is 16.7 Å². The Morgan fingerprint density at radius 2 is 1.12 bits per heavy atom. The number of aromatic hydroxyl groups is 3. The summed E-state index contributed by atoms with van der Waals surface area (Å²) in [5, 5.41) is 30.1. The van der Waals surface area contributed by atoms with Gasteiger partial charge in [-0.15, -0.1) is 0 Å². The number of nitrogens with zero attached hydrogens (tertiary/aromatic N) is 2. The zero-order valence-corrected chi connectivity index (χ0v) is 14.2. The van der Waals surface area contributed by atoms with Crippen molar-refractivity contribution in [3.05, 3.63) is 77.4 Å². The molecule has 5 nitrogen and oxygen atoms in total. The first kappa shape index (κ1) is 17.2. The molecular formula is C21H18N2O3. The van der Waals surface area contributed by atoms with Gasteiger partial charge in [-0.05, 0) is 48.9 Å². The number of hydrogen-bond acceptors (Lipinski definition) is 5. The van der Waals surface area contributed by atoms with Crippen LogP contribution >= 0.6 is 0 Å². The molecule has 5 heteroatoms. The number of phenolic OH excluding ortho intramolecular Hbond substituents is 3. The van der Waals surface area contributed by atoms with Crippen LogP contribution in [-0.2, 0) is 0 Å². The number of phenols is 3. The average Bonchev–Trinajstić information content (AvgIpc) is 2.63. The van der Waals surface area contributed by atoms with E-state index < -0.39 is 0 Å². The van der Waals surface area contributed by atoms with E-state index in [1.54, 1.807) is 60.7 Å². The van der Waals surface area contributed by atoms with E-state index in [1.807, 2.05) is 6.92 Å². The van der Waals surface area contributed by atoms with E-state index in [9.17, 15) is 15.3 Å². The van der Waals surface area contributed by atoms with Crippen LogP contribution in [0.25, 0.3) is 0 Å².